The monoisotopic (exact) mass is 275 g/mol. The Labute approximate surface area is 109 Å². The van der Waals surface area contributed by atoms with Crippen LogP contribution in [0.1, 0.15) is 30.6 Å². The number of benzene rings is 1. The lowest BCUT2D eigenvalue weighted by atomic mass is 10.1. The van der Waals surface area contributed by atoms with E-state index in [1.165, 1.54) is 6.07 Å². The van der Waals surface area contributed by atoms with Crippen LogP contribution in [0.3, 0.4) is 0 Å². The van der Waals surface area contributed by atoms with Crippen molar-refractivity contribution in [3.05, 3.63) is 23.8 Å². The van der Waals surface area contributed by atoms with Crippen LogP contribution in [0, 0.1) is 5.92 Å². The number of rotatable bonds is 5. The number of carbonyl (C=O) groups is 1. The Kier molecular flexibility index (Phi) is 4.80. The van der Waals surface area contributed by atoms with Crippen LogP contribution in [0.2, 0.25) is 0 Å². The van der Waals surface area contributed by atoms with E-state index in [4.69, 9.17) is 10.5 Å². The summed E-state index contributed by atoms with van der Waals surface area (Å²) in [5.41, 5.74) is 5.12. The van der Waals surface area contributed by atoms with Crippen molar-refractivity contribution in [1.82, 2.24) is 0 Å². The number of hydrogen-bond donors (Lipinski definition) is 1. The van der Waals surface area contributed by atoms with Gasteiger partial charge in [0.2, 0.25) is 0 Å². The van der Waals surface area contributed by atoms with E-state index in [9.17, 15) is 18.0 Å². The third-order valence-electron chi connectivity index (χ3n) is 2.48. The second-order valence-electron chi connectivity index (χ2n) is 4.61. The Morgan fingerprint density at radius 2 is 2.00 bits per heavy atom. The number of alkyl halides is 3. The number of anilines is 1. The molecule has 0 unspecified atom stereocenters. The summed E-state index contributed by atoms with van der Waals surface area (Å²) >= 11 is 0. The average Bonchev–Trinajstić information content (AvgIpc) is 2.28. The first-order valence-electron chi connectivity index (χ1n) is 5.85. The molecule has 3 nitrogen and oxygen atoms in total. The van der Waals surface area contributed by atoms with E-state index in [2.05, 4.69) is 0 Å². The van der Waals surface area contributed by atoms with E-state index in [0.717, 1.165) is 18.6 Å². The van der Waals surface area contributed by atoms with Gasteiger partial charge in [-0.3, -0.25) is 4.79 Å². The van der Waals surface area contributed by atoms with E-state index in [-0.39, 0.29) is 5.69 Å². The van der Waals surface area contributed by atoms with Crippen LogP contribution in [0.25, 0.3) is 0 Å². The standard InChI is InChI=1S/C13H16F3NO2/c1-8(2)5-6-19-11-4-3-9(7-10(11)17)12(18)13(14,15)16/h3-4,7-8H,5-6,17H2,1-2H3. The molecule has 0 aliphatic carbocycles. The summed E-state index contributed by atoms with van der Waals surface area (Å²) in [7, 11) is 0. The number of ketones is 1. The average molecular weight is 275 g/mol. The summed E-state index contributed by atoms with van der Waals surface area (Å²) in [4.78, 5) is 11.0. The SMILES string of the molecule is CC(C)CCOc1ccc(C(=O)C(F)(F)F)cc1N. The molecule has 0 bridgehead atoms. The minimum absolute atomic E-state index is 0.0267. The molecular formula is C13H16F3NO2. The number of hydrogen-bond acceptors (Lipinski definition) is 3. The summed E-state index contributed by atoms with van der Waals surface area (Å²) in [5, 5.41) is 0. The summed E-state index contributed by atoms with van der Waals surface area (Å²) in [5.74, 6) is -1.17. The normalized spacial score (nSPS) is 11.7. The highest BCUT2D eigenvalue weighted by atomic mass is 19.4. The van der Waals surface area contributed by atoms with E-state index >= 15 is 0 Å². The van der Waals surface area contributed by atoms with Crippen LogP contribution in [0.4, 0.5) is 18.9 Å². The molecule has 0 amide bonds. The number of nitrogens with two attached hydrogens (primary N) is 1. The fraction of sp³-hybridized carbons (Fsp3) is 0.462. The van der Waals surface area contributed by atoms with Crippen LogP contribution in [0.15, 0.2) is 18.2 Å². The van der Waals surface area contributed by atoms with Gasteiger partial charge in [0.05, 0.1) is 12.3 Å². The highest BCUT2D eigenvalue weighted by molar-refractivity contribution is 6.01. The smallest absolute Gasteiger partial charge is 0.454 e. The quantitative estimate of drug-likeness (QED) is 0.661. The molecule has 6 heteroatoms. The molecule has 0 aliphatic rings. The maximum atomic E-state index is 12.2. The molecule has 0 saturated heterocycles. The lowest BCUT2D eigenvalue weighted by Gasteiger charge is -2.12. The number of Topliss-reactive ketones (excluding diaryl/α,β-unsaturated/α-hetero) is 1. The molecule has 0 fully saturated rings. The van der Waals surface area contributed by atoms with Crippen molar-refractivity contribution in [1.29, 1.82) is 0 Å². The highest BCUT2D eigenvalue weighted by Crippen LogP contribution is 2.27. The third-order valence-corrected chi connectivity index (χ3v) is 2.48. The van der Waals surface area contributed by atoms with Gasteiger partial charge in [-0.25, -0.2) is 0 Å². The van der Waals surface area contributed by atoms with Crippen molar-refractivity contribution in [2.24, 2.45) is 5.92 Å². The topological polar surface area (TPSA) is 52.3 Å². The van der Waals surface area contributed by atoms with Gasteiger partial charge in [-0.2, -0.15) is 13.2 Å². The van der Waals surface area contributed by atoms with Crippen molar-refractivity contribution in [2.75, 3.05) is 12.3 Å². The van der Waals surface area contributed by atoms with Crippen LogP contribution < -0.4 is 10.5 Å². The van der Waals surface area contributed by atoms with Gasteiger partial charge in [0, 0.05) is 5.56 Å². The van der Waals surface area contributed by atoms with Gasteiger partial charge < -0.3 is 10.5 Å². The van der Waals surface area contributed by atoms with E-state index < -0.39 is 17.5 Å². The molecular weight excluding hydrogens is 259 g/mol. The van der Waals surface area contributed by atoms with E-state index in [1.807, 2.05) is 13.8 Å². The zero-order chi connectivity index (χ0) is 14.6. The molecule has 0 radical (unpaired) electrons. The molecule has 0 aliphatic heterocycles. The molecule has 0 heterocycles. The first-order valence-corrected chi connectivity index (χ1v) is 5.85. The summed E-state index contributed by atoms with van der Waals surface area (Å²) in [6, 6.07) is 3.34. The lowest BCUT2D eigenvalue weighted by molar-refractivity contribution is -0.0885. The molecule has 0 spiro atoms. The molecule has 1 aromatic carbocycles. The fourth-order valence-electron chi connectivity index (χ4n) is 1.39. The van der Waals surface area contributed by atoms with Crippen molar-refractivity contribution in [3.8, 4) is 5.75 Å². The first kappa shape index (κ1) is 15.3. The Balaban J connectivity index is 2.78. The fourth-order valence-corrected chi connectivity index (χ4v) is 1.39. The Morgan fingerprint density at radius 1 is 1.37 bits per heavy atom. The number of nitrogen functional groups attached to an aromatic ring is 1. The molecule has 0 aromatic heterocycles. The van der Waals surface area contributed by atoms with Crippen molar-refractivity contribution in [3.63, 3.8) is 0 Å². The van der Waals surface area contributed by atoms with Crippen LogP contribution in [-0.4, -0.2) is 18.6 Å². The summed E-state index contributed by atoms with van der Waals surface area (Å²) < 4.78 is 42.1. The molecule has 1 aromatic rings. The van der Waals surface area contributed by atoms with E-state index in [0.29, 0.717) is 18.3 Å². The van der Waals surface area contributed by atoms with E-state index in [1.54, 1.807) is 0 Å². The van der Waals surface area contributed by atoms with Gasteiger partial charge >= 0.3 is 6.18 Å². The van der Waals surface area contributed by atoms with Crippen LogP contribution in [-0.2, 0) is 0 Å². The second-order valence-corrected chi connectivity index (χ2v) is 4.61. The number of ether oxygens (including phenoxy) is 1. The molecule has 0 saturated carbocycles. The molecule has 2 N–H and O–H groups in total. The summed E-state index contributed by atoms with van der Waals surface area (Å²) in [6.45, 7) is 4.48. The van der Waals surface area contributed by atoms with Gasteiger partial charge in [-0.05, 0) is 30.5 Å². The van der Waals surface area contributed by atoms with Crippen LogP contribution >= 0.6 is 0 Å². The highest BCUT2D eigenvalue weighted by Gasteiger charge is 2.39. The zero-order valence-electron chi connectivity index (χ0n) is 10.8. The predicted molar refractivity (Wildman–Crippen MR) is 66.2 cm³/mol. The van der Waals surface area contributed by atoms with Gasteiger partial charge in [0.15, 0.2) is 0 Å². The molecule has 106 valence electrons. The van der Waals surface area contributed by atoms with Crippen molar-refractivity contribution >= 4 is 11.5 Å². The zero-order valence-corrected chi connectivity index (χ0v) is 10.8. The Morgan fingerprint density at radius 3 is 2.47 bits per heavy atom. The number of carbonyl (C=O) groups excluding carboxylic acids is 1. The maximum absolute atomic E-state index is 12.2. The van der Waals surface area contributed by atoms with Gasteiger partial charge in [-0.1, -0.05) is 13.8 Å². The Hall–Kier alpha value is -1.72. The van der Waals surface area contributed by atoms with Crippen molar-refractivity contribution < 1.29 is 22.7 Å². The van der Waals surface area contributed by atoms with Gasteiger partial charge in [-0.15, -0.1) is 0 Å². The second kappa shape index (κ2) is 5.95. The largest absolute Gasteiger partial charge is 0.491 e. The molecule has 1 rings (SSSR count). The Bertz CT molecular complexity index is 456. The minimum Gasteiger partial charge on any atom is -0.491 e. The first-order chi connectivity index (χ1) is 8.71. The maximum Gasteiger partial charge on any atom is 0.454 e. The minimum atomic E-state index is -4.90. The third kappa shape index (κ3) is 4.46. The van der Waals surface area contributed by atoms with Gasteiger partial charge in [0.1, 0.15) is 5.75 Å². The molecule has 19 heavy (non-hydrogen) atoms. The summed E-state index contributed by atoms with van der Waals surface area (Å²) in [6.07, 6.45) is -4.09. The van der Waals surface area contributed by atoms with Crippen molar-refractivity contribution in [2.45, 2.75) is 26.4 Å². The molecule has 0 atom stereocenters. The number of halogens is 3. The predicted octanol–water partition coefficient (Wildman–Crippen LogP) is 3.44. The van der Waals surface area contributed by atoms with Gasteiger partial charge in [0.25, 0.3) is 5.78 Å². The van der Waals surface area contributed by atoms with Crippen LogP contribution in [0.5, 0.6) is 5.75 Å². The lowest BCUT2D eigenvalue weighted by Crippen LogP contribution is -2.22.